The number of benzene rings is 2. The van der Waals surface area contributed by atoms with Crippen LogP contribution >= 0.6 is 23.5 Å². The second-order valence-corrected chi connectivity index (χ2v) is 8.28. The van der Waals surface area contributed by atoms with E-state index < -0.39 is 6.03 Å². The summed E-state index contributed by atoms with van der Waals surface area (Å²) in [6.07, 6.45) is 2.00. The van der Waals surface area contributed by atoms with Gasteiger partial charge in [0.25, 0.3) is 0 Å². The highest BCUT2D eigenvalue weighted by Gasteiger charge is 2.19. The van der Waals surface area contributed by atoms with E-state index in [0.29, 0.717) is 18.0 Å². The Morgan fingerprint density at radius 2 is 1.86 bits per heavy atom. The second-order valence-electron chi connectivity index (χ2n) is 6.26. The molecular weight excluding hydrogens is 406 g/mol. The Morgan fingerprint density at radius 3 is 2.45 bits per heavy atom. The summed E-state index contributed by atoms with van der Waals surface area (Å²) in [5.74, 6) is 13.0. The largest absolute Gasteiger partial charge is 0.497 e. The number of aryl methyl sites for hydroxylation is 1. The van der Waals surface area contributed by atoms with Crippen LogP contribution in [-0.4, -0.2) is 35.8 Å². The molecule has 0 atom stereocenters. The van der Waals surface area contributed by atoms with Crippen molar-refractivity contribution in [1.82, 2.24) is 5.01 Å². The van der Waals surface area contributed by atoms with Gasteiger partial charge in [0.1, 0.15) is 10.1 Å². The van der Waals surface area contributed by atoms with Gasteiger partial charge in [0.2, 0.25) is 0 Å². The zero-order chi connectivity index (χ0) is 21.4. The first-order chi connectivity index (χ1) is 13.9. The van der Waals surface area contributed by atoms with E-state index in [-0.39, 0.29) is 0 Å². The van der Waals surface area contributed by atoms with Gasteiger partial charge in [-0.25, -0.2) is 21.5 Å². The van der Waals surface area contributed by atoms with Gasteiger partial charge in [-0.15, -0.1) is 11.8 Å². The molecule has 0 heterocycles. The highest BCUT2D eigenvalue weighted by Crippen LogP contribution is 2.29. The van der Waals surface area contributed by atoms with Crippen LogP contribution in [0.1, 0.15) is 16.7 Å². The number of anilines is 1. The SMILES string of the molecule is COc1ccc(CN=C(SC)SCc2c(C)cccc2N(N)C(=O)N(C)N)cc1. The third-order valence-electron chi connectivity index (χ3n) is 4.22. The van der Waals surface area contributed by atoms with E-state index in [9.17, 15) is 4.79 Å². The number of carbonyl (C=O) groups excluding carboxylic acids is 1. The lowest BCUT2D eigenvalue weighted by molar-refractivity contribution is 0.216. The monoisotopic (exact) mass is 433 g/mol. The Balaban J connectivity index is 2.12. The van der Waals surface area contributed by atoms with Gasteiger partial charge in [-0.3, -0.25) is 10.0 Å². The maximum Gasteiger partial charge on any atom is 0.352 e. The van der Waals surface area contributed by atoms with Crippen molar-refractivity contribution in [1.29, 1.82) is 0 Å². The number of nitrogens with two attached hydrogens (primary N) is 2. The van der Waals surface area contributed by atoms with Gasteiger partial charge < -0.3 is 4.74 Å². The van der Waals surface area contributed by atoms with Gasteiger partial charge in [-0.2, -0.15) is 0 Å². The molecule has 0 aliphatic rings. The molecule has 2 amide bonds. The van der Waals surface area contributed by atoms with Crippen LogP contribution in [0.4, 0.5) is 10.5 Å². The average molecular weight is 434 g/mol. The average Bonchev–Trinajstić information content (AvgIpc) is 2.73. The fourth-order valence-corrected chi connectivity index (χ4v) is 4.20. The van der Waals surface area contributed by atoms with Gasteiger partial charge in [0.15, 0.2) is 0 Å². The first kappa shape index (κ1) is 23.1. The van der Waals surface area contributed by atoms with Crippen LogP contribution in [0.2, 0.25) is 0 Å². The molecule has 0 aliphatic carbocycles. The summed E-state index contributed by atoms with van der Waals surface area (Å²) in [6.45, 7) is 2.59. The number of thioether (sulfide) groups is 2. The number of urea groups is 1. The van der Waals surface area contributed by atoms with Crippen molar-refractivity contribution in [2.75, 3.05) is 25.4 Å². The van der Waals surface area contributed by atoms with Crippen LogP contribution in [0.25, 0.3) is 0 Å². The molecule has 0 spiro atoms. The molecule has 156 valence electrons. The maximum absolute atomic E-state index is 12.2. The number of nitrogens with zero attached hydrogens (tertiary/aromatic N) is 3. The molecule has 0 aromatic heterocycles. The van der Waals surface area contributed by atoms with Crippen LogP contribution in [0.15, 0.2) is 47.5 Å². The molecule has 2 aromatic rings. The van der Waals surface area contributed by atoms with E-state index in [1.54, 1.807) is 30.6 Å². The van der Waals surface area contributed by atoms with E-state index in [0.717, 1.165) is 36.8 Å². The van der Waals surface area contributed by atoms with Crippen molar-refractivity contribution < 1.29 is 9.53 Å². The van der Waals surface area contributed by atoms with E-state index in [2.05, 4.69) is 0 Å². The van der Waals surface area contributed by atoms with Crippen LogP contribution in [0, 0.1) is 6.92 Å². The fraction of sp³-hybridized carbons (Fsp3) is 0.300. The van der Waals surface area contributed by atoms with Crippen molar-refractivity contribution in [2.24, 2.45) is 16.7 Å². The van der Waals surface area contributed by atoms with Crippen LogP contribution in [0.5, 0.6) is 5.75 Å². The Labute approximate surface area is 180 Å². The minimum atomic E-state index is -0.486. The van der Waals surface area contributed by atoms with Crippen LogP contribution < -0.4 is 21.4 Å². The summed E-state index contributed by atoms with van der Waals surface area (Å²) in [4.78, 5) is 16.9. The lowest BCUT2D eigenvalue weighted by Crippen LogP contribution is -2.49. The standard InChI is InChI=1S/C20H27N5O2S2/c1-14-6-5-7-18(25(22)20(26)24(2)21)17(14)13-29-19(28-4)23-12-15-8-10-16(27-3)11-9-15/h5-11H,12-13,21-22H2,1-4H3. The molecule has 0 radical (unpaired) electrons. The zero-order valence-electron chi connectivity index (χ0n) is 17.1. The quantitative estimate of drug-likeness (QED) is 0.237. The first-order valence-corrected chi connectivity index (χ1v) is 11.1. The number of aliphatic imine (C=N–C) groups is 1. The molecule has 4 N–H and O–H groups in total. The number of carbonyl (C=O) groups is 1. The lowest BCUT2D eigenvalue weighted by Gasteiger charge is -2.24. The summed E-state index contributed by atoms with van der Waals surface area (Å²) in [7, 11) is 3.11. The number of hydrogen-bond acceptors (Lipinski definition) is 7. The lowest BCUT2D eigenvalue weighted by atomic mass is 10.1. The van der Waals surface area contributed by atoms with Gasteiger partial charge in [0, 0.05) is 12.8 Å². The fourth-order valence-electron chi connectivity index (χ4n) is 2.56. The topological polar surface area (TPSA) is 97.2 Å². The molecule has 2 aromatic carbocycles. The molecule has 9 heteroatoms. The van der Waals surface area contributed by atoms with E-state index >= 15 is 0 Å². The Morgan fingerprint density at radius 1 is 1.17 bits per heavy atom. The van der Waals surface area contributed by atoms with Crippen molar-refractivity contribution >= 4 is 39.6 Å². The third-order valence-corrected chi connectivity index (χ3v) is 6.36. The molecular formula is C20H27N5O2S2. The maximum atomic E-state index is 12.2. The van der Waals surface area contributed by atoms with Crippen molar-refractivity contribution in [3.05, 3.63) is 59.2 Å². The highest BCUT2D eigenvalue weighted by molar-refractivity contribution is 8.38. The number of hydrazine groups is 2. The summed E-state index contributed by atoms with van der Waals surface area (Å²) >= 11 is 3.21. The van der Waals surface area contributed by atoms with Crippen molar-refractivity contribution in [3.63, 3.8) is 0 Å². The summed E-state index contributed by atoms with van der Waals surface area (Å²) in [6, 6.07) is 13.1. The minimum absolute atomic E-state index is 0.486. The molecule has 2 rings (SSSR count). The van der Waals surface area contributed by atoms with E-state index in [1.165, 1.54) is 7.05 Å². The minimum Gasteiger partial charge on any atom is -0.497 e. The molecule has 0 saturated heterocycles. The summed E-state index contributed by atoms with van der Waals surface area (Å²) in [5.41, 5.74) is 3.77. The van der Waals surface area contributed by atoms with Crippen LogP contribution in [0.3, 0.4) is 0 Å². The Hall–Kier alpha value is -2.20. The third kappa shape index (κ3) is 6.40. The van der Waals surface area contributed by atoms with Crippen LogP contribution in [-0.2, 0) is 12.3 Å². The predicted molar refractivity (Wildman–Crippen MR) is 124 cm³/mol. The molecule has 0 fully saturated rings. The van der Waals surface area contributed by atoms with Gasteiger partial charge in [0.05, 0.1) is 19.3 Å². The first-order valence-electron chi connectivity index (χ1n) is 8.87. The van der Waals surface area contributed by atoms with E-state index in [4.69, 9.17) is 21.4 Å². The van der Waals surface area contributed by atoms with E-state index in [1.807, 2.05) is 55.6 Å². The molecule has 0 unspecified atom stereocenters. The van der Waals surface area contributed by atoms with Gasteiger partial charge in [-0.05, 0) is 48.1 Å². The van der Waals surface area contributed by atoms with Crippen molar-refractivity contribution in [2.45, 2.75) is 19.2 Å². The Kier molecular flexibility index (Phi) is 8.84. The highest BCUT2D eigenvalue weighted by atomic mass is 32.2. The molecule has 7 nitrogen and oxygen atoms in total. The summed E-state index contributed by atoms with van der Waals surface area (Å²) in [5, 5.41) is 2.04. The van der Waals surface area contributed by atoms with Crippen molar-refractivity contribution in [3.8, 4) is 5.75 Å². The number of amides is 2. The van der Waals surface area contributed by atoms with Gasteiger partial charge >= 0.3 is 6.03 Å². The number of hydrogen-bond donors (Lipinski definition) is 2. The smallest absolute Gasteiger partial charge is 0.352 e. The molecule has 0 saturated carbocycles. The molecule has 0 bridgehead atoms. The second kappa shape index (κ2) is 11.1. The number of rotatable bonds is 6. The predicted octanol–water partition coefficient (Wildman–Crippen LogP) is 3.76. The zero-order valence-corrected chi connectivity index (χ0v) is 18.7. The van der Waals surface area contributed by atoms with Gasteiger partial charge in [-0.1, -0.05) is 36.0 Å². The number of ether oxygens (including phenoxy) is 1. The molecule has 29 heavy (non-hydrogen) atoms. The Bertz CT molecular complexity index is 856. The number of methoxy groups -OCH3 is 1. The molecule has 0 aliphatic heterocycles. The summed E-state index contributed by atoms with van der Waals surface area (Å²) < 4.78 is 6.14. The normalized spacial score (nSPS) is 11.3.